The Bertz CT molecular complexity index is 1320. The summed E-state index contributed by atoms with van der Waals surface area (Å²) >= 11 is 0. The van der Waals surface area contributed by atoms with Crippen LogP contribution in [0.4, 0.5) is 0 Å². The van der Waals surface area contributed by atoms with Crippen LogP contribution in [0.25, 0.3) is 22.2 Å². The van der Waals surface area contributed by atoms with Crippen LogP contribution in [0.5, 0.6) is 11.5 Å². The molecule has 0 spiro atoms. The van der Waals surface area contributed by atoms with E-state index in [0.717, 1.165) is 11.3 Å². The second-order valence-corrected chi connectivity index (χ2v) is 6.86. The van der Waals surface area contributed by atoms with Crippen LogP contribution < -0.4 is 20.4 Å². The molecule has 1 amide bonds. The Balaban J connectivity index is 1.52. The standard InChI is InChI=1S/C24H21N3O5/c1-3-31-21-6-4-5-16-11-19(24(29)32-22(16)21)23(28)25-13-17-12-20(27-14-26-17)15-7-9-18(30-2)10-8-15/h4-12,14H,3,13H2,1-2H3,(H,25,28). The van der Waals surface area contributed by atoms with Crippen LogP contribution in [0.3, 0.4) is 0 Å². The van der Waals surface area contributed by atoms with Gasteiger partial charge in [0.15, 0.2) is 11.3 Å². The second kappa shape index (κ2) is 9.30. The number of carbonyl (C=O) groups is 1. The average molecular weight is 431 g/mol. The summed E-state index contributed by atoms with van der Waals surface area (Å²) in [6.07, 6.45) is 1.43. The first-order valence-electron chi connectivity index (χ1n) is 10.0. The monoisotopic (exact) mass is 431 g/mol. The van der Waals surface area contributed by atoms with Crippen LogP contribution in [0, 0.1) is 0 Å². The number of methoxy groups -OCH3 is 1. The molecule has 0 aliphatic carbocycles. The van der Waals surface area contributed by atoms with Crippen molar-refractivity contribution in [1.82, 2.24) is 15.3 Å². The third kappa shape index (κ3) is 4.44. The lowest BCUT2D eigenvalue weighted by Gasteiger charge is -2.08. The maximum atomic E-state index is 12.7. The lowest BCUT2D eigenvalue weighted by Crippen LogP contribution is -2.28. The van der Waals surface area contributed by atoms with Gasteiger partial charge in [0.05, 0.1) is 31.6 Å². The van der Waals surface area contributed by atoms with Crippen molar-refractivity contribution >= 4 is 16.9 Å². The maximum Gasteiger partial charge on any atom is 0.349 e. The van der Waals surface area contributed by atoms with Crippen LogP contribution in [-0.2, 0) is 6.54 Å². The van der Waals surface area contributed by atoms with E-state index in [0.29, 0.717) is 34.7 Å². The summed E-state index contributed by atoms with van der Waals surface area (Å²) in [5, 5.41) is 3.32. The summed E-state index contributed by atoms with van der Waals surface area (Å²) in [4.78, 5) is 33.6. The summed E-state index contributed by atoms with van der Waals surface area (Å²) in [5.74, 6) is 0.658. The molecule has 4 aromatic rings. The van der Waals surface area contributed by atoms with Gasteiger partial charge in [0.25, 0.3) is 5.91 Å². The smallest absolute Gasteiger partial charge is 0.349 e. The lowest BCUT2D eigenvalue weighted by atomic mass is 10.1. The minimum absolute atomic E-state index is 0.0874. The SMILES string of the molecule is CCOc1cccc2cc(C(=O)NCc3cc(-c4ccc(OC)cc4)ncn3)c(=O)oc12. The molecule has 4 rings (SSSR count). The van der Waals surface area contributed by atoms with Crippen LogP contribution >= 0.6 is 0 Å². The summed E-state index contributed by atoms with van der Waals surface area (Å²) in [6, 6.07) is 16.0. The molecule has 0 aliphatic rings. The van der Waals surface area contributed by atoms with Crippen LogP contribution in [0.1, 0.15) is 23.0 Å². The van der Waals surface area contributed by atoms with Crippen molar-refractivity contribution in [1.29, 1.82) is 0 Å². The van der Waals surface area contributed by atoms with Gasteiger partial charge in [-0.3, -0.25) is 4.79 Å². The van der Waals surface area contributed by atoms with Gasteiger partial charge in [0.1, 0.15) is 17.6 Å². The molecular weight excluding hydrogens is 410 g/mol. The predicted octanol–water partition coefficient (Wildman–Crippen LogP) is 3.59. The van der Waals surface area contributed by atoms with E-state index in [1.165, 1.54) is 12.4 Å². The van der Waals surface area contributed by atoms with E-state index in [1.54, 1.807) is 31.4 Å². The molecule has 0 unspecified atom stereocenters. The molecule has 0 saturated heterocycles. The number of nitrogens with zero attached hydrogens (tertiary/aromatic N) is 2. The molecule has 0 bridgehead atoms. The molecule has 0 aliphatic heterocycles. The number of aromatic nitrogens is 2. The van der Waals surface area contributed by atoms with E-state index >= 15 is 0 Å². The molecule has 0 atom stereocenters. The highest BCUT2D eigenvalue weighted by atomic mass is 16.5. The number of rotatable bonds is 7. The van der Waals surface area contributed by atoms with Gasteiger partial charge in [-0.05, 0) is 49.4 Å². The number of hydrogen-bond acceptors (Lipinski definition) is 7. The van der Waals surface area contributed by atoms with Crippen LogP contribution in [-0.4, -0.2) is 29.6 Å². The zero-order chi connectivity index (χ0) is 22.5. The zero-order valence-corrected chi connectivity index (χ0v) is 17.6. The van der Waals surface area contributed by atoms with E-state index < -0.39 is 11.5 Å². The molecule has 2 aromatic carbocycles. The molecule has 2 aromatic heterocycles. The van der Waals surface area contributed by atoms with Gasteiger partial charge >= 0.3 is 5.63 Å². The summed E-state index contributed by atoms with van der Waals surface area (Å²) in [7, 11) is 1.61. The molecule has 2 heterocycles. The molecule has 0 fully saturated rings. The van der Waals surface area contributed by atoms with Crippen molar-refractivity contribution in [3.05, 3.63) is 82.6 Å². The maximum absolute atomic E-state index is 12.7. The minimum atomic E-state index is -0.733. The van der Waals surface area contributed by atoms with Gasteiger partial charge in [-0.25, -0.2) is 14.8 Å². The van der Waals surface area contributed by atoms with E-state index in [1.807, 2.05) is 31.2 Å². The number of carbonyl (C=O) groups excluding carboxylic acids is 1. The Morgan fingerprint density at radius 3 is 2.66 bits per heavy atom. The van der Waals surface area contributed by atoms with E-state index in [9.17, 15) is 9.59 Å². The molecule has 0 radical (unpaired) electrons. The highest BCUT2D eigenvalue weighted by molar-refractivity contribution is 5.97. The summed E-state index contributed by atoms with van der Waals surface area (Å²) in [6.45, 7) is 2.40. The Kier molecular flexibility index (Phi) is 6.12. The lowest BCUT2D eigenvalue weighted by molar-refractivity contribution is 0.0947. The number of amides is 1. The van der Waals surface area contributed by atoms with Crippen molar-refractivity contribution in [2.75, 3.05) is 13.7 Å². The number of hydrogen-bond donors (Lipinski definition) is 1. The van der Waals surface area contributed by atoms with Gasteiger partial charge in [-0.2, -0.15) is 0 Å². The van der Waals surface area contributed by atoms with Gasteiger partial charge in [0.2, 0.25) is 0 Å². The first-order valence-corrected chi connectivity index (χ1v) is 10.0. The second-order valence-electron chi connectivity index (χ2n) is 6.86. The topological polar surface area (TPSA) is 104 Å². The molecule has 0 saturated carbocycles. The third-order valence-electron chi connectivity index (χ3n) is 4.81. The Labute approximate surface area is 183 Å². The molecule has 8 nitrogen and oxygen atoms in total. The quantitative estimate of drug-likeness (QED) is 0.446. The first kappa shape index (κ1) is 21.0. The minimum Gasteiger partial charge on any atom is -0.497 e. The normalized spacial score (nSPS) is 10.7. The Morgan fingerprint density at radius 1 is 1.09 bits per heavy atom. The fourth-order valence-corrected chi connectivity index (χ4v) is 3.23. The van der Waals surface area contributed by atoms with Crippen LogP contribution in [0.2, 0.25) is 0 Å². The van der Waals surface area contributed by atoms with Gasteiger partial charge in [-0.1, -0.05) is 12.1 Å². The van der Waals surface area contributed by atoms with Gasteiger partial charge in [0, 0.05) is 10.9 Å². The Hall–Kier alpha value is -4.20. The van der Waals surface area contributed by atoms with Crippen molar-refractivity contribution < 1.29 is 18.7 Å². The highest BCUT2D eigenvalue weighted by Gasteiger charge is 2.16. The fourth-order valence-electron chi connectivity index (χ4n) is 3.23. The average Bonchev–Trinajstić information content (AvgIpc) is 2.83. The number of nitrogens with one attached hydrogen (secondary N) is 1. The van der Waals surface area contributed by atoms with E-state index in [2.05, 4.69) is 15.3 Å². The zero-order valence-electron chi connectivity index (χ0n) is 17.6. The van der Waals surface area contributed by atoms with Crippen molar-refractivity contribution in [2.45, 2.75) is 13.5 Å². The molecule has 162 valence electrons. The van der Waals surface area contributed by atoms with E-state index in [-0.39, 0.29) is 12.1 Å². The van der Waals surface area contributed by atoms with Crippen molar-refractivity contribution in [2.24, 2.45) is 0 Å². The summed E-state index contributed by atoms with van der Waals surface area (Å²) in [5.41, 5.74) is 1.69. The molecule has 1 N–H and O–H groups in total. The Morgan fingerprint density at radius 2 is 1.91 bits per heavy atom. The number of benzene rings is 2. The first-order chi connectivity index (χ1) is 15.6. The van der Waals surface area contributed by atoms with Crippen molar-refractivity contribution in [3.63, 3.8) is 0 Å². The van der Waals surface area contributed by atoms with Gasteiger partial charge in [-0.15, -0.1) is 0 Å². The summed E-state index contributed by atoms with van der Waals surface area (Å²) < 4.78 is 16.0. The molecular formula is C24H21N3O5. The fraction of sp³-hybridized carbons (Fsp3) is 0.167. The number of ether oxygens (including phenoxy) is 2. The third-order valence-corrected chi connectivity index (χ3v) is 4.81. The highest BCUT2D eigenvalue weighted by Crippen LogP contribution is 2.25. The van der Waals surface area contributed by atoms with E-state index in [4.69, 9.17) is 13.9 Å². The largest absolute Gasteiger partial charge is 0.497 e. The van der Waals surface area contributed by atoms with Gasteiger partial charge < -0.3 is 19.2 Å². The molecule has 8 heteroatoms. The van der Waals surface area contributed by atoms with Crippen LogP contribution in [0.15, 0.2) is 70.1 Å². The predicted molar refractivity (Wildman–Crippen MR) is 119 cm³/mol. The number of fused-ring (bicyclic) bond motifs is 1. The van der Waals surface area contributed by atoms with Crippen molar-refractivity contribution in [3.8, 4) is 22.8 Å². The number of para-hydroxylation sites is 1. The molecule has 32 heavy (non-hydrogen) atoms.